The highest BCUT2D eigenvalue weighted by Crippen LogP contribution is 2.31. The van der Waals surface area contributed by atoms with Crippen molar-refractivity contribution < 1.29 is 9.72 Å². The molecule has 1 amide bonds. The van der Waals surface area contributed by atoms with Gasteiger partial charge in [-0.3, -0.25) is 10.1 Å². The first-order chi connectivity index (χ1) is 11.9. The average molecular weight is 378 g/mol. The number of nitro groups is 1. The lowest BCUT2D eigenvalue weighted by Crippen LogP contribution is -2.12. The molecule has 3 aromatic rings. The number of rotatable bonds is 4. The van der Waals surface area contributed by atoms with E-state index in [2.05, 4.69) is 20.5 Å². The van der Waals surface area contributed by atoms with E-state index in [9.17, 15) is 14.9 Å². The number of nitrogens with zero attached hydrogens (tertiary/aromatic N) is 3. The maximum atomic E-state index is 12.2. The molecular formula is C15H12ClN5O3S. The van der Waals surface area contributed by atoms with Gasteiger partial charge in [-0.05, 0) is 18.8 Å². The molecule has 1 aromatic carbocycles. The Morgan fingerprint density at radius 3 is 2.60 bits per heavy atom. The van der Waals surface area contributed by atoms with Crippen LogP contribution in [0, 0.1) is 24.0 Å². The van der Waals surface area contributed by atoms with Crippen LogP contribution in [0.3, 0.4) is 0 Å². The van der Waals surface area contributed by atoms with Crippen molar-refractivity contribution in [3.05, 3.63) is 55.5 Å². The van der Waals surface area contributed by atoms with Crippen molar-refractivity contribution in [1.82, 2.24) is 15.2 Å². The molecule has 8 nitrogen and oxygen atoms in total. The minimum absolute atomic E-state index is 0.252. The van der Waals surface area contributed by atoms with E-state index in [0.717, 1.165) is 21.7 Å². The molecule has 0 spiro atoms. The number of halogens is 1. The molecule has 0 radical (unpaired) electrons. The summed E-state index contributed by atoms with van der Waals surface area (Å²) in [7, 11) is 0. The molecule has 0 saturated carbocycles. The number of aryl methyl sites for hydroxylation is 2. The number of carbonyl (C=O) groups is 1. The molecule has 2 aromatic heterocycles. The molecule has 0 aliphatic carbocycles. The minimum Gasteiger partial charge on any atom is -0.358 e. The Hall–Kier alpha value is -2.78. The molecule has 2 N–H and O–H groups in total. The molecule has 0 bridgehead atoms. The van der Waals surface area contributed by atoms with Gasteiger partial charge >= 0.3 is 5.82 Å². The molecule has 0 aliphatic heterocycles. The lowest BCUT2D eigenvalue weighted by atomic mass is 10.1. The zero-order chi connectivity index (χ0) is 18.1. The Morgan fingerprint density at radius 1 is 1.32 bits per heavy atom. The zero-order valence-corrected chi connectivity index (χ0v) is 14.7. The van der Waals surface area contributed by atoms with E-state index in [0.29, 0.717) is 5.13 Å². The summed E-state index contributed by atoms with van der Waals surface area (Å²) >= 11 is 7.11. The second kappa shape index (κ2) is 6.61. The first-order valence-corrected chi connectivity index (χ1v) is 8.30. The molecule has 0 atom stereocenters. The Morgan fingerprint density at radius 2 is 2.00 bits per heavy atom. The summed E-state index contributed by atoms with van der Waals surface area (Å²) in [5, 5.41) is 19.1. The fraction of sp³-hybridized carbons (Fsp3) is 0.133. The first-order valence-electron chi connectivity index (χ1n) is 7.11. The topological polar surface area (TPSA) is 114 Å². The van der Waals surface area contributed by atoms with Gasteiger partial charge < -0.3 is 10.1 Å². The number of aromatic nitrogens is 3. The number of thiazole rings is 1. The molecule has 0 unspecified atom stereocenters. The highest BCUT2D eigenvalue weighted by molar-refractivity contribution is 7.16. The van der Waals surface area contributed by atoms with Gasteiger partial charge in [-0.2, -0.15) is 0 Å². The minimum atomic E-state index is -0.741. The van der Waals surface area contributed by atoms with Crippen LogP contribution >= 0.6 is 22.9 Å². The monoisotopic (exact) mass is 377 g/mol. The normalized spacial score (nSPS) is 10.7. The predicted octanol–water partition coefficient (Wildman–Crippen LogP) is 3.96. The fourth-order valence-electron chi connectivity index (χ4n) is 2.18. The largest absolute Gasteiger partial charge is 0.362 e. The van der Waals surface area contributed by atoms with Crippen LogP contribution in [0.5, 0.6) is 0 Å². The quantitative estimate of drug-likeness (QED) is 0.527. The number of carbonyl (C=O) groups excluding carboxylic acids is 1. The second-order valence-electron chi connectivity index (χ2n) is 5.24. The number of anilines is 1. The fourth-order valence-corrected chi connectivity index (χ4v) is 3.25. The van der Waals surface area contributed by atoms with Crippen LogP contribution in [0.4, 0.5) is 10.9 Å². The number of hydrogen-bond donors (Lipinski definition) is 2. The molecule has 0 saturated heterocycles. The summed E-state index contributed by atoms with van der Waals surface area (Å²) in [5.74, 6) is -1.19. The molecule has 25 heavy (non-hydrogen) atoms. The van der Waals surface area contributed by atoms with Gasteiger partial charge in [0.25, 0.3) is 5.91 Å². The summed E-state index contributed by atoms with van der Waals surface area (Å²) in [5.41, 5.74) is 2.59. The summed E-state index contributed by atoms with van der Waals surface area (Å²) in [6.07, 6.45) is 0. The summed E-state index contributed by atoms with van der Waals surface area (Å²) in [6.45, 7) is 3.89. The van der Waals surface area contributed by atoms with Crippen molar-refractivity contribution in [2.45, 2.75) is 13.8 Å². The Labute approximate surface area is 151 Å². The van der Waals surface area contributed by atoms with E-state index in [1.807, 2.05) is 38.1 Å². The van der Waals surface area contributed by atoms with E-state index < -0.39 is 16.6 Å². The van der Waals surface area contributed by atoms with Gasteiger partial charge in [-0.1, -0.05) is 46.5 Å². The number of amides is 1. The Balaban J connectivity index is 1.84. The third kappa shape index (κ3) is 3.37. The average Bonchev–Trinajstić information content (AvgIpc) is 3.11. The SMILES string of the molecule is Cc1ccc(-c2nc(NC(=O)c3n[nH]c([N+](=O)[O-])c3Cl)sc2C)cc1. The summed E-state index contributed by atoms with van der Waals surface area (Å²) in [6, 6.07) is 7.87. The maximum Gasteiger partial charge on any atom is 0.362 e. The van der Waals surface area contributed by atoms with E-state index in [4.69, 9.17) is 11.6 Å². The molecular weight excluding hydrogens is 366 g/mol. The van der Waals surface area contributed by atoms with Crippen molar-refractivity contribution in [2.24, 2.45) is 0 Å². The van der Waals surface area contributed by atoms with Crippen LogP contribution in [0.1, 0.15) is 20.9 Å². The summed E-state index contributed by atoms with van der Waals surface area (Å²) in [4.78, 5) is 27.6. The van der Waals surface area contributed by atoms with Gasteiger partial charge in [0, 0.05) is 10.4 Å². The van der Waals surface area contributed by atoms with Crippen LogP contribution in [0.25, 0.3) is 11.3 Å². The number of H-pyrrole nitrogens is 1. The Kier molecular flexibility index (Phi) is 4.51. The molecule has 3 rings (SSSR count). The predicted molar refractivity (Wildman–Crippen MR) is 95.2 cm³/mol. The van der Waals surface area contributed by atoms with Crippen molar-refractivity contribution in [1.29, 1.82) is 0 Å². The van der Waals surface area contributed by atoms with Gasteiger partial charge in [0.2, 0.25) is 0 Å². The highest BCUT2D eigenvalue weighted by Gasteiger charge is 2.26. The molecule has 10 heteroatoms. The summed E-state index contributed by atoms with van der Waals surface area (Å²) < 4.78 is 0. The number of benzene rings is 1. The van der Waals surface area contributed by atoms with E-state index >= 15 is 0 Å². The van der Waals surface area contributed by atoms with Crippen LogP contribution in [0.2, 0.25) is 5.02 Å². The standard InChI is InChI=1S/C15H12ClN5O3S/c1-7-3-5-9(6-4-7)11-8(2)25-15(17-11)18-14(22)12-10(16)13(20-19-12)21(23)24/h3-6H,1-2H3,(H,19,20)(H,17,18,22). The lowest BCUT2D eigenvalue weighted by molar-refractivity contribution is -0.389. The van der Waals surface area contributed by atoms with E-state index in [1.165, 1.54) is 11.3 Å². The number of nitrogens with one attached hydrogen (secondary N) is 2. The zero-order valence-electron chi connectivity index (χ0n) is 13.2. The number of hydrogen-bond acceptors (Lipinski definition) is 6. The second-order valence-corrected chi connectivity index (χ2v) is 6.82. The molecule has 128 valence electrons. The molecule has 2 heterocycles. The Bertz CT molecular complexity index is 964. The smallest absolute Gasteiger partial charge is 0.358 e. The van der Waals surface area contributed by atoms with Gasteiger partial charge in [-0.25, -0.2) is 4.98 Å². The number of aromatic amines is 1. The van der Waals surface area contributed by atoms with Crippen molar-refractivity contribution in [3.63, 3.8) is 0 Å². The van der Waals surface area contributed by atoms with Crippen molar-refractivity contribution >= 4 is 39.8 Å². The van der Waals surface area contributed by atoms with Crippen LogP contribution in [-0.4, -0.2) is 26.0 Å². The molecule has 0 fully saturated rings. The van der Waals surface area contributed by atoms with Gasteiger partial charge in [-0.15, -0.1) is 16.4 Å². The van der Waals surface area contributed by atoms with Gasteiger partial charge in [0.05, 0.1) is 5.69 Å². The third-order valence-electron chi connectivity index (χ3n) is 3.43. The first kappa shape index (κ1) is 17.1. The van der Waals surface area contributed by atoms with Crippen LogP contribution in [-0.2, 0) is 0 Å². The van der Waals surface area contributed by atoms with Crippen LogP contribution in [0.15, 0.2) is 24.3 Å². The van der Waals surface area contributed by atoms with Crippen LogP contribution < -0.4 is 5.32 Å². The molecule has 0 aliphatic rings. The van der Waals surface area contributed by atoms with Crippen molar-refractivity contribution in [3.8, 4) is 11.3 Å². The van der Waals surface area contributed by atoms with Gasteiger partial charge in [0.15, 0.2) is 15.8 Å². The van der Waals surface area contributed by atoms with E-state index in [1.54, 1.807) is 0 Å². The van der Waals surface area contributed by atoms with E-state index in [-0.39, 0.29) is 10.7 Å². The maximum absolute atomic E-state index is 12.2. The lowest BCUT2D eigenvalue weighted by Gasteiger charge is -1.99. The highest BCUT2D eigenvalue weighted by atomic mass is 35.5. The third-order valence-corrected chi connectivity index (χ3v) is 4.67. The van der Waals surface area contributed by atoms with Crippen molar-refractivity contribution in [2.75, 3.05) is 5.32 Å². The van der Waals surface area contributed by atoms with Gasteiger partial charge in [0.1, 0.15) is 0 Å².